The molecule has 0 N–H and O–H groups in total. The van der Waals surface area contributed by atoms with Crippen molar-refractivity contribution in [2.24, 2.45) is 23.7 Å². The van der Waals surface area contributed by atoms with Crippen LogP contribution in [0.2, 0.25) is 0 Å². The molecule has 47 heavy (non-hydrogen) atoms. The number of unbranched alkanes of at least 4 members (excludes halogenated alkanes) is 8. The van der Waals surface area contributed by atoms with E-state index >= 15 is 0 Å². The predicted molar refractivity (Wildman–Crippen MR) is 202 cm³/mol. The SMILES string of the molecule is CCCCCCCC1CCC(Cc2cc(Oc3cnc(CCC)c(CC4CCC(CCCCCCC)CC4)c3)cnc2CCC)CC1. The first-order valence-electron chi connectivity index (χ1n) is 20.7. The summed E-state index contributed by atoms with van der Waals surface area (Å²) in [6.07, 6.45) is 38.8. The lowest BCUT2D eigenvalue weighted by Gasteiger charge is -2.29. The van der Waals surface area contributed by atoms with Gasteiger partial charge in [-0.2, -0.15) is 0 Å². The molecule has 2 aliphatic carbocycles. The van der Waals surface area contributed by atoms with Crippen LogP contribution in [-0.4, -0.2) is 9.97 Å². The normalized spacial score (nSPS) is 21.6. The highest BCUT2D eigenvalue weighted by Gasteiger charge is 2.24. The maximum Gasteiger partial charge on any atom is 0.146 e. The fourth-order valence-electron chi connectivity index (χ4n) is 8.70. The lowest BCUT2D eigenvalue weighted by Crippen LogP contribution is -2.17. The van der Waals surface area contributed by atoms with Crippen molar-refractivity contribution in [1.82, 2.24) is 9.97 Å². The van der Waals surface area contributed by atoms with Gasteiger partial charge in [-0.3, -0.25) is 9.97 Å². The smallest absolute Gasteiger partial charge is 0.146 e. The van der Waals surface area contributed by atoms with Gasteiger partial charge in [0.05, 0.1) is 12.4 Å². The molecule has 2 saturated carbocycles. The van der Waals surface area contributed by atoms with Gasteiger partial charge in [-0.25, -0.2) is 0 Å². The van der Waals surface area contributed by atoms with Gasteiger partial charge in [0, 0.05) is 11.4 Å². The first-order valence-corrected chi connectivity index (χ1v) is 20.7. The second-order valence-electron chi connectivity index (χ2n) is 15.7. The molecule has 3 heteroatoms. The minimum absolute atomic E-state index is 0.789. The maximum atomic E-state index is 6.56. The van der Waals surface area contributed by atoms with E-state index in [1.807, 2.05) is 12.4 Å². The van der Waals surface area contributed by atoms with E-state index in [2.05, 4.69) is 39.8 Å². The van der Waals surface area contributed by atoms with Crippen molar-refractivity contribution < 1.29 is 4.74 Å². The average molecular weight is 645 g/mol. The van der Waals surface area contributed by atoms with Crippen molar-refractivity contribution in [2.75, 3.05) is 0 Å². The molecule has 2 aromatic rings. The number of hydrogen-bond acceptors (Lipinski definition) is 3. The fourth-order valence-corrected chi connectivity index (χ4v) is 8.70. The highest BCUT2D eigenvalue weighted by Crippen LogP contribution is 2.37. The molecule has 0 spiro atoms. The first-order chi connectivity index (χ1) is 23.1. The molecule has 0 radical (unpaired) electrons. The van der Waals surface area contributed by atoms with Crippen LogP contribution in [-0.2, 0) is 25.7 Å². The van der Waals surface area contributed by atoms with E-state index in [-0.39, 0.29) is 0 Å². The summed E-state index contributed by atoms with van der Waals surface area (Å²) in [4.78, 5) is 9.94. The second-order valence-corrected chi connectivity index (χ2v) is 15.7. The minimum atomic E-state index is 0.789. The Morgan fingerprint density at radius 3 is 1.26 bits per heavy atom. The molecule has 0 amide bonds. The average Bonchev–Trinajstić information content (AvgIpc) is 3.08. The fraction of sp³-hybridized carbons (Fsp3) is 0.773. The highest BCUT2D eigenvalue weighted by molar-refractivity contribution is 5.36. The van der Waals surface area contributed by atoms with E-state index < -0.39 is 0 Å². The molecule has 264 valence electrons. The Labute approximate surface area is 290 Å². The van der Waals surface area contributed by atoms with Crippen LogP contribution >= 0.6 is 0 Å². The zero-order valence-electron chi connectivity index (χ0n) is 31.3. The standard InChI is InChI=1S/C44H72N2O/c1-5-9-11-13-15-19-35-21-25-37(26-22-35)29-39-31-41(33-45-43(39)17-7-3)47-42-32-40(44(18-8-4)46-34-42)30-38-27-23-36(24-28-38)20-16-14-12-10-6-2/h31-38H,5-30H2,1-4H3. The van der Waals surface area contributed by atoms with Crippen molar-refractivity contribution in [3.05, 3.63) is 47.0 Å². The number of aromatic nitrogens is 2. The molecule has 2 aromatic heterocycles. The number of aryl methyl sites for hydroxylation is 2. The van der Waals surface area contributed by atoms with Crippen LogP contribution in [0.5, 0.6) is 11.5 Å². The van der Waals surface area contributed by atoms with Crippen LogP contribution in [0.15, 0.2) is 24.5 Å². The molecular formula is C44H72N2O. The molecule has 3 nitrogen and oxygen atoms in total. The number of pyridine rings is 2. The van der Waals surface area contributed by atoms with E-state index in [0.29, 0.717) is 0 Å². The van der Waals surface area contributed by atoms with Crippen molar-refractivity contribution in [1.29, 1.82) is 0 Å². The summed E-state index contributed by atoms with van der Waals surface area (Å²) in [5, 5.41) is 0. The first kappa shape index (κ1) is 37.9. The van der Waals surface area contributed by atoms with E-state index in [4.69, 9.17) is 14.7 Å². The summed E-state index contributed by atoms with van der Waals surface area (Å²) in [7, 11) is 0. The van der Waals surface area contributed by atoms with E-state index in [0.717, 1.165) is 73.7 Å². The van der Waals surface area contributed by atoms with Crippen LogP contribution in [0.4, 0.5) is 0 Å². The van der Waals surface area contributed by atoms with E-state index in [9.17, 15) is 0 Å². The molecule has 4 rings (SSSR count). The third-order valence-electron chi connectivity index (χ3n) is 11.7. The number of ether oxygens (including phenoxy) is 1. The maximum absolute atomic E-state index is 6.56. The molecule has 0 saturated heterocycles. The summed E-state index contributed by atoms with van der Waals surface area (Å²) in [5.74, 6) is 5.27. The van der Waals surface area contributed by atoms with E-state index in [1.165, 1.54) is 151 Å². The van der Waals surface area contributed by atoms with Gasteiger partial charge in [-0.1, -0.05) is 143 Å². The number of rotatable bonds is 22. The predicted octanol–water partition coefficient (Wildman–Crippen LogP) is 13.6. The second kappa shape index (κ2) is 21.9. The van der Waals surface area contributed by atoms with Crippen LogP contribution in [0, 0.1) is 23.7 Å². The van der Waals surface area contributed by atoms with Crippen molar-refractivity contribution >= 4 is 0 Å². The van der Waals surface area contributed by atoms with Crippen molar-refractivity contribution in [3.63, 3.8) is 0 Å². The largest absolute Gasteiger partial charge is 0.454 e. The lowest BCUT2D eigenvalue weighted by atomic mass is 9.77. The Balaban J connectivity index is 1.32. The van der Waals surface area contributed by atoms with Gasteiger partial charge in [-0.15, -0.1) is 0 Å². The highest BCUT2D eigenvalue weighted by atomic mass is 16.5. The Bertz CT molecular complexity index is 1020. The Kier molecular flexibility index (Phi) is 17.7. The molecule has 0 unspecified atom stereocenters. The summed E-state index contributed by atoms with van der Waals surface area (Å²) in [6.45, 7) is 9.16. The molecular weight excluding hydrogens is 572 g/mol. The Morgan fingerprint density at radius 1 is 0.489 bits per heavy atom. The van der Waals surface area contributed by atoms with Crippen molar-refractivity contribution in [2.45, 2.75) is 195 Å². The summed E-state index contributed by atoms with van der Waals surface area (Å²) < 4.78 is 6.56. The van der Waals surface area contributed by atoms with Gasteiger partial charge >= 0.3 is 0 Å². The molecule has 0 aromatic carbocycles. The Hall–Kier alpha value is -1.90. The van der Waals surface area contributed by atoms with Crippen LogP contribution in [0.1, 0.15) is 191 Å². The summed E-state index contributed by atoms with van der Waals surface area (Å²) >= 11 is 0. The molecule has 0 atom stereocenters. The molecule has 2 aliphatic rings. The Morgan fingerprint density at radius 2 is 0.872 bits per heavy atom. The zero-order valence-corrected chi connectivity index (χ0v) is 31.3. The van der Waals surface area contributed by atoms with Crippen LogP contribution in [0.3, 0.4) is 0 Å². The molecule has 0 aliphatic heterocycles. The van der Waals surface area contributed by atoms with E-state index in [1.54, 1.807) is 0 Å². The van der Waals surface area contributed by atoms with Gasteiger partial charge in [-0.05, 0) is 98.3 Å². The third-order valence-corrected chi connectivity index (χ3v) is 11.7. The lowest BCUT2D eigenvalue weighted by molar-refractivity contribution is 0.256. The monoisotopic (exact) mass is 645 g/mol. The molecule has 2 heterocycles. The van der Waals surface area contributed by atoms with Gasteiger partial charge in [0.15, 0.2) is 0 Å². The molecule has 2 fully saturated rings. The number of hydrogen-bond donors (Lipinski definition) is 0. The molecule has 0 bridgehead atoms. The van der Waals surface area contributed by atoms with Gasteiger partial charge in [0.25, 0.3) is 0 Å². The van der Waals surface area contributed by atoms with Gasteiger partial charge in [0.1, 0.15) is 11.5 Å². The van der Waals surface area contributed by atoms with Crippen LogP contribution in [0.25, 0.3) is 0 Å². The minimum Gasteiger partial charge on any atom is -0.454 e. The zero-order chi connectivity index (χ0) is 33.1. The third kappa shape index (κ3) is 13.5. The van der Waals surface area contributed by atoms with Gasteiger partial charge in [0.2, 0.25) is 0 Å². The summed E-state index contributed by atoms with van der Waals surface area (Å²) in [5.41, 5.74) is 5.41. The quantitative estimate of drug-likeness (QED) is 0.120. The van der Waals surface area contributed by atoms with Gasteiger partial charge < -0.3 is 4.74 Å². The number of nitrogens with zero attached hydrogens (tertiary/aromatic N) is 2. The topological polar surface area (TPSA) is 35.0 Å². The van der Waals surface area contributed by atoms with Crippen molar-refractivity contribution in [3.8, 4) is 11.5 Å². The van der Waals surface area contributed by atoms with Crippen LogP contribution < -0.4 is 4.74 Å². The summed E-state index contributed by atoms with van der Waals surface area (Å²) in [6, 6.07) is 4.64.